The lowest BCUT2D eigenvalue weighted by Crippen LogP contribution is -2.55. The van der Waals surface area contributed by atoms with Crippen molar-refractivity contribution in [3.8, 4) is 0 Å². The monoisotopic (exact) mass is 327 g/mol. The molecule has 0 unspecified atom stereocenters. The topological polar surface area (TPSA) is 110 Å². The smallest absolute Gasteiger partial charge is 0.217 e. The SMILES string of the molecule is CCSC(SCC)[C@H](NC(C)=O)[C@H](O)[C@H](O)[C@H](O)CO. The number of amides is 1. The van der Waals surface area contributed by atoms with Gasteiger partial charge in [-0.25, -0.2) is 0 Å². The molecule has 0 heterocycles. The molecule has 0 fully saturated rings. The average Bonchev–Trinajstić information content (AvgIpc) is 2.42. The first-order valence-corrected chi connectivity index (χ1v) is 8.64. The van der Waals surface area contributed by atoms with Crippen molar-refractivity contribution in [1.82, 2.24) is 5.32 Å². The number of hydrogen-bond acceptors (Lipinski definition) is 7. The van der Waals surface area contributed by atoms with Crippen molar-refractivity contribution in [2.45, 2.75) is 49.7 Å². The van der Waals surface area contributed by atoms with Crippen LogP contribution in [0.4, 0.5) is 0 Å². The van der Waals surface area contributed by atoms with Gasteiger partial charge in [-0.15, -0.1) is 23.5 Å². The molecule has 4 atom stereocenters. The van der Waals surface area contributed by atoms with Crippen LogP contribution in [-0.2, 0) is 4.79 Å². The average molecular weight is 327 g/mol. The van der Waals surface area contributed by atoms with Crippen molar-refractivity contribution in [1.29, 1.82) is 0 Å². The van der Waals surface area contributed by atoms with Crippen LogP contribution in [0, 0.1) is 0 Å². The van der Waals surface area contributed by atoms with E-state index in [1.807, 2.05) is 13.8 Å². The quantitative estimate of drug-likeness (QED) is 0.341. The second kappa shape index (κ2) is 10.7. The molecule has 5 N–H and O–H groups in total. The van der Waals surface area contributed by atoms with E-state index in [4.69, 9.17) is 5.11 Å². The minimum Gasteiger partial charge on any atom is -0.394 e. The second-order valence-electron chi connectivity index (χ2n) is 4.24. The highest BCUT2D eigenvalue weighted by molar-refractivity contribution is 8.17. The van der Waals surface area contributed by atoms with E-state index in [0.29, 0.717) is 0 Å². The first kappa shape index (κ1) is 20.0. The van der Waals surface area contributed by atoms with Gasteiger partial charge >= 0.3 is 0 Å². The fourth-order valence-corrected chi connectivity index (χ4v) is 4.41. The molecule has 1 amide bonds. The van der Waals surface area contributed by atoms with E-state index in [9.17, 15) is 20.1 Å². The van der Waals surface area contributed by atoms with Crippen LogP contribution in [0.3, 0.4) is 0 Å². The fourth-order valence-electron chi connectivity index (χ4n) is 1.68. The maximum atomic E-state index is 11.3. The summed E-state index contributed by atoms with van der Waals surface area (Å²) >= 11 is 3.10. The van der Waals surface area contributed by atoms with Crippen molar-refractivity contribution < 1.29 is 25.2 Å². The standard InChI is InChI=1S/C12H25NO5S2/c1-4-19-12(20-5-2)9(13-7(3)15)11(18)10(17)8(16)6-14/h8-12,14,16-18H,4-6H2,1-3H3,(H,13,15)/t8-,9-,10-,11+/m1/s1. The lowest BCUT2D eigenvalue weighted by atomic mass is 10.0. The summed E-state index contributed by atoms with van der Waals surface area (Å²) in [5.74, 6) is 1.26. The van der Waals surface area contributed by atoms with Gasteiger partial charge in [0.05, 0.1) is 17.2 Å². The zero-order chi connectivity index (χ0) is 15.7. The third-order valence-electron chi connectivity index (χ3n) is 2.62. The van der Waals surface area contributed by atoms with Gasteiger partial charge in [0, 0.05) is 6.92 Å². The van der Waals surface area contributed by atoms with Crippen molar-refractivity contribution in [3.63, 3.8) is 0 Å². The Morgan fingerprint density at radius 3 is 1.95 bits per heavy atom. The Hall–Kier alpha value is 0.01000. The molecule has 0 rings (SSSR count). The Kier molecular flexibility index (Phi) is 10.7. The Balaban J connectivity index is 5.03. The third kappa shape index (κ3) is 6.64. The number of rotatable bonds is 10. The van der Waals surface area contributed by atoms with Gasteiger partial charge in [-0.3, -0.25) is 4.79 Å². The molecule has 0 aromatic heterocycles. The summed E-state index contributed by atoms with van der Waals surface area (Å²) < 4.78 is -0.149. The Labute approximate surface area is 128 Å². The number of carbonyl (C=O) groups is 1. The molecule has 6 nitrogen and oxygen atoms in total. The van der Waals surface area contributed by atoms with Crippen LogP contribution in [0.1, 0.15) is 20.8 Å². The predicted octanol–water partition coefficient (Wildman–Crippen LogP) is -0.602. The van der Waals surface area contributed by atoms with Gasteiger partial charge in [0.15, 0.2) is 0 Å². The summed E-state index contributed by atoms with van der Waals surface area (Å²) in [5, 5.41) is 40.9. The second-order valence-corrected chi connectivity index (χ2v) is 7.37. The summed E-state index contributed by atoms with van der Waals surface area (Å²) in [6.45, 7) is 4.60. The van der Waals surface area contributed by atoms with Crippen LogP contribution >= 0.6 is 23.5 Å². The van der Waals surface area contributed by atoms with Gasteiger partial charge in [0.25, 0.3) is 0 Å². The molecule has 0 aromatic rings. The molecule has 0 aliphatic heterocycles. The molecule has 0 aliphatic rings. The fraction of sp³-hybridized carbons (Fsp3) is 0.917. The van der Waals surface area contributed by atoms with Gasteiger partial charge in [0.2, 0.25) is 5.91 Å². The van der Waals surface area contributed by atoms with Crippen LogP contribution in [0.25, 0.3) is 0 Å². The molecule has 0 aliphatic carbocycles. The first-order chi connectivity index (χ1) is 9.38. The van der Waals surface area contributed by atoms with Crippen LogP contribution in [-0.4, -0.2) is 73.4 Å². The molecule has 0 saturated carbocycles. The third-order valence-corrected chi connectivity index (χ3v) is 5.35. The highest BCUT2D eigenvalue weighted by atomic mass is 32.2. The van der Waals surface area contributed by atoms with Gasteiger partial charge in [-0.1, -0.05) is 13.8 Å². The van der Waals surface area contributed by atoms with Crippen LogP contribution < -0.4 is 5.32 Å². The molecule has 0 bridgehead atoms. The summed E-state index contributed by atoms with van der Waals surface area (Å²) in [7, 11) is 0. The van der Waals surface area contributed by atoms with Gasteiger partial charge in [-0.2, -0.15) is 0 Å². The molecule has 20 heavy (non-hydrogen) atoms. The summed E-state index contributed by atoms with van der Waals surface area (Å²) in [5.41, 5.74) is 0. The predicted molar refractivity (Wildman–Crippen MR) is 82.8 cm³/mol. The van der Waals surface area contributed by atoms with Crippen LogP contribution in [0.15, 0.2) is 0 Å². The van der Waals surface area contributed by atoms with Crippen molar-refractivity contribution in [3.05, 3.63) is 0 Å². The summed E-state index contributed by atoms with van der Waals surface area (Å²) in [6.07, 6.45) is -4.32. The number of carbonyl (C=O) groups excluding carboxylic acids is 1. The summed E-state index contributed by atoms with van der Waals surface area (Å²) in [6, 6.07) is -0.710. The maximum absolute atomic E-state index is 11.3. The van der Waals surface area contributed by atoms with E-state index in [0.717, 1.165) is 11.5 Å². The first-order valence-electron chi connectivity index (χ1n) is 6.54. The molecule has 0 saturated heterocycles. The molecular formula is C12H25NO5S2. The molecule has 8 heteroatoms. The number of nitrogens with one attached hydrogen (secondary N) is 1. The van der Waals surface area contributed by atoms with E-state index >= 15 is 0 Å². The van der Waals surface area contributed by atoms with Crippen LogP contribution in [0.5, 0.6) is 0 Å². The molecular weight excluding hydrogens is 302 g/mol. The largest absolute Gasteiger partial charge is 0.394 e. The van der Waals surface area contributed by atoms with E-state index in [-0.39, 0.29) is 10.5 Å². The Morgan fingerprint density at radius 1 is 1.10 bits per heavy atom. The molecule has 0 radical (unpaired) electrons. The number of hydrogen-bond donors (Lipinski definition) is 5. The molecule has 0 aromatic carbocycles. The normalized spacial score (nSPS) is 17.6. The number of aliphatic hydroxyl groups excluding tert-OH is 4. The van der Waals surface area contributed by atoms with E-state index in [1.165, 1.54) is 6.92 Å². The number of thioether (sulfide) groups is 2. The van der Waals surface area contributed by atoms with Gasteiger partial charge < -0.3 is 25.7 Å². The zero-order valence-electron chi connectivity index (χ0n) is 12.0. The number of aliphatic hydroxyl groups is 4. The highest BCUT2D eigenvalue weighted by Crippen LogP contribution is 2.29. The lowest BCUT2D eigenvalue weighted by molar-refractivity contribution is -0.123. The van der Waals surface area contributed by atoms with Crippen molar-refractivity contribution in [2.75, 3.05) is 18.1 Å². The zero-order valence-corrected chi connectivity index (χ0v) is 13.7. The summed E-state index contributed by atoms with van der Waals surface area (Å²) in [4.78, 5) is 11.3. The van der Waals surface area contributed by atoms with E-state index in [2.05, 4.69) is 5.32 Å². The van der Waals surface area contributed by atoms with Crippen LogP contribution in [0.2, 0.25) is 0 Å². The van der Waals surface area contributed by atoms with E-state index < -0.39 is 31.0 Å². The Morgan fingerprint density at radius 2 is 1.60 bits per heavy atom. The van der Waals surface area contributed by atoms with Crippen molar-refractivity contribution in [2.24, 2.45) is 0 Å². The minimum atomic E-state index is -1.52. The molecule has 0 spiro atoms. The van der Waals surface area contributed by atoms with Crippen molar-refractivity contribution >= 4 is 29.4 Å². The highest BCUT2D eigenvalue weighted by Gasteiger charge is 2.36. The van der Waals surface area contributed by atoms with E-state index in [1.54, 1.807) is 23.5 Å². The molecule has 120 valence electrons. The minimum absolute atomic E-state index is 0.149. The maximum Gasteiger partial charge on any atom is 0.217 e. The van der Waals surface area contributed by atoms with Gasteiger partial charge in [-0.05, 0) is 11.5 Å². The Bertz CT molecular complexity index is 277. The van der Waals surface area contributed by atoms with Gasteiger partial charge in [0.1, 0.15) is 18.3 Å². The lowest BCUT2D eigenvalue weighted by Gasteiger charge is -2.34.